The number of aromatic nitrogens is 2. The molecule has 124 valence electrons. The van der Waals surface area contributed by atoms with Gasteiger partial charge in [-0.15, -0.1) is 0 Å². The Morgan fingerprint density at radius 3 is 1.70 bits per heavy atom. The summed E-state index contributed by atoms with van der Waals surface area (Å²) in [5, 5.41) is 2.43. The lowest BCUT2D eigenvalue weighted by Gasteiger charge is -2.07. The minimum atomic E-state index is -4.72. The van der Waals surface area contributed by atoms with Crippen LogP contribution >= 0.6 is 0 Å². The van der Waals surface area contributed by atoms with Gasteiger partial charge >= 0.3 is 6.15 Å². The molecule has 1 aromatic carbocycles. The van der Waals surface area contributed by atoms with E-state index in [1.54, 1.807) is 0 Å². The first-order valence-corrected chi connectivity index (χ1v) is 8.25. The van der Waals surface area contributed by atoms with Gasteiger partial charge in [0, 0.05) is 12.3 Å². The Labute approximate surface area is 128 Å². The molecule has 0 amide bonds. The van der Waals surface area contributed by atoms with E-state index in [0.717, 1.165) is 22.9 Å². The van der Waals surface area contributed by atoms with Crippen molar-refractivity contribution in [2.45, 2.75) is 9.79 Å². The van der Waals surface area contributed by atoms with Crippen molar-refractivity contribution in [2.75, 3.05) is 0 Å². The average molecular weight is 364 g/mol. The van der Waals surface area contributed by atoms with Crippen LogP contribution in [0, 0.1) is 0 Å². The molecular formula is C10H8N2O9S2. The fourth-order valence-corrected chi connectivity index (χ4v) is 2.67. The molecule has 0 unspecified atom stereocenters. The van der Waals surface area contributed by atoms with E-state index in [1.807, 2.05) is 0 Å². The van der Waals surface area contributed by atoms with Crippen molar-refractivity contribution in [1.82, 2.24) is 9.78 Å². The maximum absolute atomic E-state index is 11.4. The number of hydrogen-bond acceptors (Lipinski definition) is 7. The van der Waals surface area contributed by atoms with Gasteiger partial charge in [0.2, 0.25) is 0 Å². The van der Waals surface area contributed by atoms with Crippen molar-refractivity contribution in [1.29, 1.82) is 0 Å². The average Bonchev–Trinajstić information content (AvgIpc) is 2.83. The Bertz CT molecular complexity index is 958. The summed E-state index contributed by atoms with van der Waals surface area (Å²) in [6.45, 7) is 0. The van der Waals surface area contributed by atoms with Gasteiger partial charge in [-0.05, 0) is 18.2 Å². The molecule has 13 heteroatoms. The number of carbonyl (C=O) groups excluding carboxylic acids is 2. The van der Waals surface area contributed by atoms with Crippen LogP contribution in [-0.4, -0.2) is 41.9 Å². The van der Waals surface area contributed by atoms with E-state index in [2.05, 4.69) is 5.10 Å². The van der Waals surface area contributed by atoms with Crippen LogP contribution in [-0.2, 0) is 29.8 Å². The Morgan fingerprint density at radius 1 is 0.957 bits per heavy atom. The zero-order valence-corrected chi connectivity index (χ0v) is 12.5. The van der Waals surface area contributed by atoms with Gasteiger partial charge in [-0.2, -0.15) is 26.4 Å². The van der Waals surface area contributed by atoms with Crippen LogP contribution in [0.4, 0.5) is 0 Å². The molecule has 11 nitrogen and oxygen atoms in total. The van der Waals surface area contributed by atoms with Crippen molar-refractivity contribution in [3.8, 4) is 5.69 Å². The Kier molecular flexibility index (Phi) is 5.37. The molecule has 0 aliphatic carbocycles. The van der Waals surface area contributed by atoms with Gasteiger partial charge in [0.15, 0.2) is 0 Å². The number of nitrogens with zero attached hydrogens (tertiary/aromatic N) is 1. The van der Waals surface area contributed by atoms with E-state index in [0.29, 0.717) is 6.07 Å². The van der Waals surface area contributed by atoms with Crippen molar-refractivity contribution >= 4 is 26.4 Å². The van der Waals surface area contributed by atoms with E-state index in [1.165, 1.54) is 6.20 Å². The van der Waals surface area contributed by atoms with Gasteiger partial charge in [0.1, 0.15) is 0 Å². The second-order valence-electron chi connectivity index (χ2n) is 3.83. The highest BCUT2D eigenvalue weighted by Crippen LogP contribution is 2.20. The van der Waals surface area contributed by atoms with E-state index in [4.69, 9.17) is 18.7 Å². The van der Waals surface area contributed by atoms with Crippen LogP contribution in [0.2, 0.25) is 0 Å². The molecule has 0 saturated heterocycles. The fraction of sp³-hybridized carbons (Fsp3) is 0. The summed E-state index contributed by atoms with van der Waals surface area (Å²) in [5.74, 6) is 0. The Morgan fingerprint density at radius 2 is 1.39 bits per heavy atom. The van der Waals surface area contributed by atoms with Crippen LogP contribution in [0.1, 0.15) is 0 Å². The maximum Gasteiger partial charge on any atom is 0.373 e. The smallest absolute Gasteiger partial charge is 0.298 e. The number of benzene rings is 1. The van der Waals surface area contributed by atoms with Crippen LogP contribution in [0.15, 0.2) is 45.0 Å². The molecule has 3 N–H and O–H groups in total. The van der Waals surface area contributed by atoms with E-state index >= 15 is 0 Å². The molecule has 23 heavy (non-hydrogen) atoms. The van der Waals surface area contributed by atoms with Crippen molar-refractivity contribution in [3.05, 3.63) is 40.8 Å². The van der Waals surface area contributed by atoms with Crippen LogP contribution in [0.3, 0.4) is 0 Å². The molecule has 0 bridgehead atoms. The first-order chi connectivity index (χ1) is 10.5. The van der Waals surface area contributed by atoms with Crippen molar-refractivity contribution in [3.63, 3.8) is 0 Å². The summed E-state index contributed by atoms with van der Waals surface area (Å²) < 4.78 is 63.2. The topological polar surface area (TPSA) is 181 Å². The molecule has 2 rings (SSSR count). The standard InChI is InChI=1S/C9H8N2O7S2.CO2/c12-9-1-2-10-11(9)6-3-7(19(13,14)15)5-8(4-6)20(16,17)18;2-1-3/h1-5,10H,(H,13,14,15)(H,16,17,18);. The van der Waals surface area contributed by atoms with Crippen molar-refractivity contribution < 1.29 is 35.5 Å². The number of rotatable bonds is 3. The van der Waals surface area contributed by atoms with Gasteiger partial charge in [0.25, 0.3) is 25.8 Å². The minimum absolute atomic E-state index is 0.178. The first-order valence-electron chi connectivity index (χ1n) is 5.37. The normalized spacial score (nSPS) is 11.2. The number of aromatic amines is 1. The quantitative estimate of drug-likeness (QED) is 0.580. The van der Waals surface area contributed by atoms with Crippen molar-refractivity contribution in [2.24, 2.45) is 0 Å². The highest BCUT2D eigenvalue weighted by Gasteiger charge is 2.19. The zero-order valence-electron chi connectivity index (χ0n) is 10.9. The summed E-state index contributed by atoms with van der Waals surface area (Å²) in [6.07, 6.45) is 1.50. The largest absolute Gasteiger partial charge is 0.373 e. The van der Waals surface area contributed by atoms with E-state index in [-0.39, 0.29) is 11.8 Å². The van der Waals surface area contributed by atoms with E-state index < -0.39 is 35.6 Å². The molecule has 0 atom stereocenters. The summed E-state index contributed by atoms with van der Waals surface area (Å²) in [5.41, 5.74) is -0.762. The summed E-state index contributed by atoms with van der Waals surface area (Å²) >= 11 is 0. The molecule has 0 fully saturated rings. The predicted molar refractivity (Wildman–Crippen MR) is 71.0 cm³/mol. The second-order valence-corrected chi connectivity index (χ2v) is 6.68. The van der Waals surface area contributed by atoms with Gasteiger partial charge in [-0.1, -0.05) is 0 Å². The zero-order chi connectivity index (χ0) is 17.8. The summed E-state index contributed by atoms with van der Waals surface area (Å²) in [7, 11) is -9.43. The van der Waals surface area contributed by atoms with Crippen LogP contribution in [0.5, 0.6) is 0 Å². The van der Waals surface area contributed by atoms with E-state index in [9.17, 15) is 21.6 Å². The lowest BCUT2D eigenvalue weighted by atomic mass is 10.3. The molecule has 0 aliphatic heterocycles. The molecule has 0 radical (unpaired) electrons. The number of H-pyrrole nitrogens is 1. The lowest BCUT2D eigenvalue weighted by Crippen LogP contribution is -2.15. The monoisotopic (exact) mass is 364 g/mol. The predicted octanol–water partition coefficient (Wildman–Crippen LogP) is -0.924. The summed E-state index contributed by atoms with van der Waals surface area (Å²) in [6, 6.07) is 3.44. The summed E-state index contributed by atoms with van der Waals surface area (Å²) in [4.78, 5) is 26.2. The molecular weight excluding hydrogens is 356 g/mol. The molecule has 2 aromatic rings. The van der Waals surface area contributed by atoms with Crippen LogP contribution in [0.25, 0.3) is 5.69 Å². The molecule has 0 aliphatic rings. The lowest BCUT2D eigenvalue weighted by molar-refractivity contribution is -0.191. The second kappa shape index (κ2) is 6.68. The van der Waals surface area contributed by atoms with Gasteiger partial charge < -0.3 is 0 Å². The Balaban J connectivity index is 0.000000816. The van der Waals surface area contributed by atoms with Gasteiger partial charge in [-0.25, -0.2) is 4.68 Å². The molecule has 0 saturated carbocycles. The minimum Gasteiger partial charge on any atom is -0.298 e. The number of nitrogens with one attached hydrogen (secondary N) is 1. The molecule has 1 aromatic heterocycles. The maximum atomic E-state index is 11.4. The third kappa shape index (κ3) is 4.70. The SMILES string of the molecule is O=C=O.O=c1cc[nH]n1-c1cc(S(=O)(=O)O)cc(S(=O)(=O)O)c1. The Hall–Kier alpha value is -2.57. The van der Waals surface area contributed by atoms with Gasteiger partial charge in [0.05, 0.1) is 15.5 Å². The van der Waals surface area contributed by atoms with Crippen LogP contribution < -0.4 is 5.56 Å². The third-order valence-corrected chi connectivity index (χ3v) is 4.03. The molecule has 0 spiro atoms. The highest BCUT2D eigenvalue weighted by atomic mass is 32.2. The number of hydrogen-bond donors (Lipinski definition) is 3. The highest BCUT2D eigenvalue weighted by molar-refractivity contribution is 7.86. The first kappa shape index (κ1) is 18.5. The van der Waals surface area contributed by atoms with Gasteiger partial charge in [-0.3, -0.25) is 19.0 Å². The molecule has 1 heterocycles. The third-order valence-electron chi connectivity index (χ3n) is 2.37. The fourth-order valence-electron chi connectivity index (χ4n) is 1.51.